The Hall–Kier alpha value is -1.23. The molecule has 3 nitrogen and oxygen atoms in total. The Labute approximate surface area is 112 Å². The Morgan fingerprint density at radius 1 is 1.39 bits per heavy atom. The number of aryl methyl sites for hydroxylation is 1. The van der Waals surface area contributed by atoms with E-state index in [4.69, 9.17) is 5.73 Å². The van der Waals surface area contributed by atoms with Crippen molar-refractivity contribution in [1.29, 1.82) is 0 Å². The summed E-state index contributed by atoms with van der Waals surface area (Å²) in [6.45, 7) is 4.67. The summed E-state index contributed by atoms with van der Waals surface area (Å²) in [5, 5.41) is 0. The molecule has 4 heteroatoms. The number of nitrogens with zero attached hydrogens (tertiary/aromatic N) is 2. The minimum Gasteiger partial charge on any atom is -0.326 e. The lowest BCUT2D eigenvalue weighted by atomic mass is 10.2. The molecule has 2 aromatic rings. The molecule has 0 spiro atoms. The first-order valence-corrected chi connectivity index (χ1v) is 6.86. The van der Waals surface area contributed by atoms with E-state index in [-0.39, 0.29) is 0 Å². The normalized spacial score (nSPS) is 11.1. The van der Waals surface area contributed by atoms with E-state index in [1.807, 2.05) is 12.3 Å². The lowest BCUT2D eigenvalue weighted by Gasteiger charge is -2.16. The monoisotopic (exact) mass is 261 g/mol. The summed E-state index contributed by atoms with van der Waals surface area (Å²) in [5.41, 5.74) is 8.30. The number of pyridine rings is 1. The Balaban J connectivity index is 1.98. The fourth-order valence-corrected chi connectivity index (χ4v) is 2.93. The predicted molar refractivity (Wildman–Crippen MR) is 76.4 cm³/mol. The van der Waals surface area contributed by atoms with Crippen LogP contribution in [0.2, 0.25) is 0 Å². The summed E-state index contributed by atoms with van der Waals surface area (Å²) in [5.74, 6) is 0. The second kappa shape index (κ2) is 6.09. The van der Waals surface area contributed by atoms with E-state index in [1.165, 1.54) is 20.9 Å². The zero-order valence-electron chi connectivity index (χ0n) is 10.9. The summed E-state index contributed by atoms with van der Waals surface area (Å²) < 4.78 is 0. The fourth-order valence-electron chi connectivity index (χ4n) is 2.00. The van der Waals surface area contributed by atoms with Crippen molar-refractivity contribution in [3.8, 4) is 0 Å². The van der Waals surface area contributed by atoms with Crippen molar-refractivity contribution in [3.05, 3.63) is 51.5 Å². The quantitative estimate of drug-likeness (QED) is 0.899. The van der Waals surface area contributed by atoms with Crippen molar-refractivity contribution >= 4 is 11.3 Å². The van der Waals surface area contributed by atoms with Crippen LogP contribution in [0.4, 0.5) is 0 Å². The highest BCUT2D eigenvalue weighted by atomic mass is 32.1. The first-order chi connectivity index (χ1) is 8.69. The minimum absolute atomic E-state index is 0.637. The molecule has 0 bridgehead atoms. The van der Waals surface area contributed by atoms with Crippen molar-refractivity contribution in [2.24, 2.45) is 5.73 Å². The highest BCUT2D eigenvalue weighted by Gasteiger charge is 2.08. The molecule has 0 saturated heterocycles. The first-order valence-electron chi connectivity index (χ1n) is 6.04. The van der Waals surface area contributed by atoms with Gasteiger partial charge < -0.3 is 5.73 Å². The topological polar surface area (TPSA) is 42.1 Å². The average Bonchev–Trinajstić information content (AvgIpc) is 2.71. The van der Waals surface area contributed by atoms with Crippen LogP contribution in [0.15, 0.2) is 30.6 Å². The van der Waals surface area contributed by atoms with Crippen LogP contribution in [0, 0.1) is 6.92 Å². The number of hydrogen-bond donors (Lipinski definition) is 1. The van der Waals surface area contributed by atoms with Crippen LogP contribution < -0.4 is 5.73 Å². The van der Waals surface area contributed by atoms with E-state index in [9.17, 15) is 0 Å². The lowest BCUT2D eigenvalue weighted by molar-refractivity contribution is 0.318. The third kappa shape index (κ3) is 3.38. The molecule has 18 heavy (non-hydrogen) atoms. The zero-order chi connectivity index (χ0) is 13.0. The molecule has 0 atom stereocenters. The maximum atomic E-state index is 5.67. The molecule has 0 aliphatic heterocycles. The Morgan fingerprint density at radius 3 is 2.83 bits per heavy atom. The molecular weight excluding hydrogens is 242 g/mol. The highest BCUT2D eigenvalue weighted by molar-refractivity contribution is 7.12. The molecular formula is C14H19N3S. The molecule has 0 aliphatic carbocycles. The van der Waals surface area contributed by atoms with Crippen molar-refractivity contribution < 1.29 is 0 Å². The molecule has 0 aromatic carbocycles. The molecule has 2 rings (SSSR count). The zero-order valence-corrected chi connectivity index (χ0v) is 11.7. The van der Waals surface area contributed by atoms with Crippen LogP contribution in [0.5, 0.6) is 0 Å². The first kappa shape index (κ1) is 13.2. The van der Waals surface area contributed by atoms with Gasteiger partial charge in [-0.15, -0.1) is 11.3 Å². The van der Waals surface area contributed by atoms with Crippen LogP contribution in [0.3, 0.4) is 0 Å². The van der Waals surface area contributed by atoms with E-state index < -0.39 is 0 Å². The second-order valence-electron chi connectivity index (χ2n) is 4.53. The van der Waals surface area contributed by atoms with E-state index in [0.717, 1.165) is 13.1 Å². The third-order valence-electron chi connectivity index (χ3n) is 2.89. The van der Waals surface area contributed by atoms with Gasteiger partial charge >= 0.3 is 0 Å². The van der Waals surface area contributed by atoms with Crippen molar-refractivity contribution in [3.63, 3.8) is 0 Å². The van der Waals surface area contributed by atoms with Crippen LogP contribution in [-0.4, -0.2) is 16.9 Å². The molecule has 0 amide bonds. The molecule has 0 unspecified atom stereocenters. The summed E-state index contributed by atoms with van der Waals surface area (Å²) in [4.78, 5) is 9.07. The molecule has 0 fully saturated rings. The Morgan fingerprint density at radius 2 is 2.22 bits per heavy atom. The van der Waals surface area contributed by atoms with Gasteiger partial charge in [-0.3, -0.25) is 9.88 Å². The fraction of sp³-hybridized carbons (Fsp3) is 0.357. The number of rotatable bonds is 5. The van der Waals surface area contributed by atoms with Gasteiger partial charge in [0.05, 0.1) is 0 Å². The van der Waals surface area contributed by atoms with Gasteiger partial charge in [-0.2, -0.15) is 0 Å². The van der Waals surface area contributed by atoms with Crippen LogP contribution >= 0.6 is 11.3 Å². The maximum absolute atomic E-state index is 5.67. The Bertz CT molecular complexity index is 493. The predicted octanol–water partition coefficient (Wildman–Crippen LogP) is 2.54. The molecule has 0 saturated carbocycles. The van der Waals surface area contributed by atoms with Gasteiger partial charge in [-0.1, -0.05) is 6.07 Å². The largest absolute Gasteiger partial charge is 0.326 e. The van der Waals surface area contributed by atoms with Gasteiger partial charge in [0.2, 0.25) is 0 Å². The molecule has 2 aromatic heterocycles. The average molecular weight is 261 g/mol. The van der Waals surface area contributed by atoms with E-state index in [1.54, 1.807) is 17.5 Å². The summed E-state index contributed by atoms with van der Waals surface area (Å²) in [6, 6.07) is 6.31. The SMILES string of the molecule is Cc1sc(CN)cc1CN(C)Cc1cccnc1. The standard InChI is InChI=1S/C14H19N3S/c1-11-13(6-14(7-15)18-11)10-17(2)9-12-4-3-5-16-8-12/h3-6,8H,7,9-10,15H2,1-2H3. The second-order valence-corrected chi connectivity index (χ2v) is 5.87. The summed E-state index contributed by atoms with van der Waals surface area (Å²) >= 11 is 1.80. The Kier molecular flexibility index (Phi) is 4.47. The van der Waals surface area contributed by atoms with E-state index >= 15 is 0 Å². The van der Waals surface area contributed by atoms with Gasteiger partial charge in [0.1, 0.15) is 0 Å². The van der Waals surface area contributed by atoms with Crippen LogP contribution in [0.1, 0.15) is 20.9 Å². The molecule has 2 N–H and O–H groups in total. The van der Waals surface area contributed by atoms with Gasteiger partial charge in [-0.25, -0.2) is 0 Å². The van der Waals surface area contributed by atoms with E-state index in [2.05, 4.69) is 36.0 Å². The number of aromatic nitrogens is 1. The number of thiophene rings is 1. The van der Waals surface area contributed by atoms with Gasteiger partial charge in [-0.05, 0) is 37.2 Å². The third-order valence-corrected chi connectivity index (χ3v) is 4.00. The van der Waals surface area contributed by atoms with Crippen LogP contribution in [-0.2, 0) is 19.6 Å². The van der Waals surface area contributed by atoms with Crippen molar-refractivity contribution in [2.45, 2.75) is 26.6 Å². The summed E-state index contributed by atoms with van der Waals surface area (Å²) in [7, 11) is 2.13. The molecule has 2 heterocycles. The lowest BCUT2D eigenvalue weighted by Crippen LogP contribution is -2.17. The van der Waals surface area contributed by atoms with Crippen molar-refractivity contribution in [1.82, 2.24) is 9.88 Å². The molecule has 96 valence electrons. The highest BCUT2D eigenvalue weighted by Crippen LogP contribution is 2.22. The van der Waals surface area contributed by atoms with Crippen molar-refractivity contribution in [2.75, 3.05) is 7.05 Å². The number of hydrogen-bond acceptors (Lipinski definition) is 4. The smallest absolute Gasteiger partial charge is 0.0312 e. The van der Waals surface area contributed by atoms with Gasteiger partial charge in [0.25, 0.3) is 0 Å². The van der Waals surface area contributed by atoms with Crippen LogP contribution in [0.25, 0.3) is 0 Å². The van der Waals surface area contributed by atoms with E-state index in [0.29, 0.717) is 6.54 Å². The molecule has 0 aliphatic rings. The number of nitrogens with two attached hydrogens (primary N) is 1. The summed E-state index contributed by atoms with van der Waals surface area (Å²) in [6.07, 6.45) is 3.72. The minimum atomic E-state index is 0.637. The van der Waals surface area contributed by atoms with Gasteiger partial charge in [0, 0.05) is 41.8 Å². The molecule has 0 radical (unpaired) electrons. The van der Waals surface area contributed by atoms with Gasteiger partial charge in [0.15, 0.2) is 0 Å². The maximum Gasteiger partial charge on any atom is 0.0312 e.